The Morgan fingerprint density at radius 2 is 1.94 bits per heavy atom. The predicted molar refractivity (Wildman–Crippen MR) is 58.5 cm³/mol. The van der Waals surface area contributed by atoms with Crippen LogP contribution in [0.5, 0.6) is 5.75 Å². The molecule has 1 N–H and O–H groups in total. The van der Waals surface area contributed by atoms with Crippen LogP contribution in [-0.2, 0) is 4.79 Å². The molecule has 0 aliphatic rings. The van der Waals surface area contributed by atoms with Crippen molar-refractivity contribution in [3.05, 3.63) is 41.5 Å². The van der Waals surface area contributed by atoms with Gasteiger partial charge in [-0.25, -0.2) is 9.59 Å². The molecule has 0 unspecified atom stereocenters. The number of carbonyl (C=O) groups excluding carboxylic acids is 1. The zero-order chi connectivity index (χ0) is 12.1. The molecule has 84 valence electrons. The third kappa shape index (κ3) is 2.70. The van der Waals surface area contributed by atoms with E-state index >= 15 is 0 Å². The molecule has 0 aromatic heterocycles. The fourth-order valence-corrected chi connectivity index (χ4v) is 1.03. The average Bonchev–Trinajstić information content (AvgIpc) is 2.28. The molecular formula is C12H12O4. The van der Waals surface area contributed by atoms with Crippen LogP contribution in [0.1, 0.15) is 24.2 Å². The molecule has 1 rings (SSSR count). The smallest absolute Gasteiger partial charge is 0.339 e. The van der Waals surface area contributed by atoms with Crippen LogP contribution in [-0.4, -0.2) is 17.0 Å². The SMILES string of the molecule is CC=C(C)C(=O)Oc1ccccc1C(=O)O. The number of ether oxygens (including phenoxy) is 1. The van der Waals surface area contributed by atoms with E-state index in [1.807, 2.05) is 0 Å². The number of carbonyl (C=O) groups is 2. The summed E-state index contributed by atoms with van der Waals surface area (Å²) < 4.78 is 4.97. The van der Waals surface area contributed by atoms with Crippen molar-refractivity contribution in [2.24, 2.45) is 0 Å². The van der Waals surface area contributed by atoms with E-state index in [1.165, 1.54) is 12.1 Å². The van der Waals surface area contributed by atoms with Crippen molar-refractivity contribution in [2.75, 3.05) is 0 Å². The summed E-state index contributed by atoms with van der Waals surface area (Å²) in [6, 6.07) is 6.02. The summed E-state index contributed by atoms with van der Waals surface area (Å²) in [5.41, 5.74) is 0.403. The summed E-state index contributed by atoms with van der Waals surface area (Å²) in [6.45, 7) is 3.31. The lowest BCUT2D eigenvalue weighted by Crippen LogP contribution is -2.11. The minimum absolute atomic E-state index is 0.0280. The Kier molecular flexibility index (Phi) is 3.83. The molecule has 0 aliphatic heterocycles. The Morgan fingerprint density at radius 3 is 2.50 bits per heavy atom. The van der Waals surface area contributed by atoms with Gasteiger partial charge in [-0.05, 0) is 26.0 Å². The zero-order valence-electron chi connectivity index (χ0n) is 9.06. The summed E-state index contributed by atoms with van der Waals surface area (Å²) in [4.78, 5) is 22.3. The molecule has 0 atom stereocenters. The molecule has 0 saturated carbocycles. The summed E-state index contributed by atoms with van der Waals surface area (Å²) >= 11 is 0. The Balaban J connectivity index is 2.98. The van der Waals surface area contributed by atoms with Crippen LogP contribution in [0.15, 0.2) is 35.9 Å². The number of para-hydroxylation sites is 1. The lowest BCUT2D eigenvalue weighted by molar-refractivity contribution is -0.130. The number of aromatic carboxylic acids is 1. The predicted octanol–water partition coefficient (Wildman–Crippen LogP) is 2.26. The lowest BCUT2D eigenvalue weighted by atomic mass is 10.2. The molecule has 1 aromatic rings. The highest BCUT2D eigenvalue weighted by molar-refractivity contribution is 5.94. The second-order valence-electron chi connectivity index (χ2n) is 3.16. The normalized spacial score (nSPS) is 11.0. The Morgan fingerprint density at radius 1 is 1.31 bits per heavy atom. The molecule has 16 heavy (non-hydrogen) atoms. The van der Waals surface area contributed by atoms with Crippen LogP contribution in [0.25, 0.3) is 0 Å². The first-order valence-corrected chi connectivity index (χ1v) is 4.73. The van der Waals surface area contributed by atoms with E-state index in [2.05, 4.69) is 0 Å². The van der Waals surface area contributed by atoms with Crippen molar-refractivity contribution in [3.8, 4) is 5.75 Å². The molecular weight excluding hydrogens is 208 g/mol. The molecule has 0 bridgehead atoms. The molecule has 0 saturated heterocycles. The van der Waals surface area contributed by atoms with Crippen LogP contribution in [0.2, 0.25) is 0 Å². The number of hydrogen-bond acceptors (Lipinski definition) is 3. The van der Waals surface area contributed by atoms with Gasteiger partial charge in [0, 0.05) is 5.57 Å². The standard InChI is InChI=1S/C12H12O4/c1-3-8(2)12(15)16-10-7-5-4-6-9(10)11(13)14/h3-7H,1-2H3,(H,13,14). The van der Waals surface area contributed by atoms with Crippen LogP contribution >= 0.6 is 0 Å². The maximum Gasteiger partial charge on any atom is 0.339 e. The van der Waals surface area contributed by atoms with Gasteiger partial charge in [0.1, 0.15) is 11.3 Å². The minimum atomic E-state index is -1.12. The van der Waals surface area contributed by atoms with Crippen LogP contribution in [0.4, 0.5) is 0 Å². The first-order valence-electron chi connectivity index (χ1n) is 4.73. The fraction of sp³-hybridized carbons (Fsp3) is 0.167. The highest BCUT2D eigenvalue weighted by Gasteiger charge is 2.14. The Bertz CT molecular complexity index is 446. The zero-order valence-corrected chi connectivity index (χ0v) is 9.06. The third-order valence-corrected chi connectivity index (χ3v) is 2.08. The molecule has 1 aromatic carbocycles. The number of hydrogen-bond donors (Lipinski definition) is 1. The van der Waals surface area contributed by atoms with Gasteiger partial charge in [-0.1, -0.05) is 18.2 Å². The van der Waals surface area contributed by atoms with Crippen molar-refractivity contribution in [3.63, 3.8) is 0 Å². The summed E-state index contributed by atoms with van der Waals surface area (Å²) in [6.07, 6.45) is 1.60. The number of esters is 1. The second kappa shape index (κ2) is 5.11. The molecule has 4 nitrogen and oxygen atoms in total. The second-order valence-corrected chi connectivity index (χ2v) is 3.16. The fourth-order valence-electron chi connectivity index (χ4n) is 1.03. The summed E-state index contributed by atoms with van der Waals surface area (Å²) in [7, 11) is 0. The monoisotopic (exact) mass is 220 g/mol. The van der Waals surface area contributed by atoms with E-state index in [9.17, 15) is 9.59 Å². The van der Waals surface area contributed by atoms with Gasteiger partial charge in [-0.2, -0.15) is 0 Å². The van der Waals surface area contributed by atoms with Gasteiger partial charge in [0.2, 0.25) is 0 Å². The Labute approximate surface area is 93.2 Å². The van der Waals surface area contributed by atoms with Gasteiger partial charge in [0.25, 0.3) is 0 Å². The van der Waals surface area contributed by atoms with Gasteiger partial charge < -0.3 is 9.84 Å². The van der Waals surface area contributed by atoms with Crippen molar-refractivity contribution >= 4 is 11.9 Å². The largest absolute Gasteiger partial charge is 0.478 e. The van der Waals surface area contributed by atoms with Crippen LogP contribution in [0.3, 0.4) is 0 Å². The number of rotatable bonds is 3. The van der Waals surface area contributed by atoms with Crippen molar-refractivity contribution < 1.29 is 19.4 Å². The maximum absolute atomic E-state index is 11.4. The maximum atomic E-state index is 11.4. The van der Waals surface area contributed by atoms with Gasteiger partial charge in [0.15, 0.2) is 0 Å². The number of benzene rings is 1. The topological polar surface area (TPSA) is 63.6 Å². The van der Waals surface area contributed by atoms with E-state index in [0.717, 1.165) is 0 Å². The van der Waals surface area contributed by atoms with Crippen molar-refractivity contribution in [1.82, 2.24) is 0 Å². The van der Waals surface area contributed by atoms with E-state index in [-0.39, 0.29) is 11.3 Å². The molecule has 0 spiro atoms. The molecule has 0 radical (unpaired) electrons. The molecule has 0 amide bonds. The lowest BCUT2D eigenvalue weighted by Gasteiger charge is -2.06. The highest BCUT2D eigenvalue weighted by atomic mass is 16.5. The first kappa shape index (κ1) is 12.0. The molecule has 4 heteroatoms. The minimum Gasteiger partial charge on any atom is -0.478 e. The Hall–Kier alpha value is -2.10. The number of carboxylic acids is 1. The van der Waals surface area contributed by atoms with E-state index in [1.54, 1.807) is 32.1 Å². The van der Waals surface area contributed by atoms with Gasteiger partial charge in [-0.15, -0.1) is 0 Å². The van der Waals surface area contributed by atoms with Crippen LogP contribution < -0.4 is 4.74 Å². The molecule has 0 fully saturated rings. The van der Waals surface area contributed by atoms with Crippen molar-refractivity contribution in [2.45, 2.75) is 13.8 Å². The quantitative estimate of drug-likeness (QED) is 0.482. The van der Waals surface area contributed by atoms with Crippen molar-refractivity contribution in [1.29, 1.82) is 0 Å². The summed E-state index contributed by atoms with van der Waals surface area (Å²) in [5, 5.41) is 8.87. The average molecular weight is 220 g/mol. The van der Waals surface area contributed by atoms with E-state index in [0.29, 0.717) is 5.57 Å². The van der Waals surface area contributed by atoms with Gasteiger partial charge in [0.05, 0.1) is 0 Å². The molecule has 0 aliphatic carbocycles. The van der Waals surface area contributed by atoms with Gasteiger partial charge in [-0.3, -0.25) is 0 Å². The van der Waals surface area contributed by atoms with Crippen LogP contribution in [0, 0.1) is 0 Å². The molecule has 0 heterocycles. The highest BCUT2D eigenvalue weighted by Crippen LogP contribution is 2.18. The third-order valence-electron chi connectivity index (χ3n) is 2.08. The summed E-state index contributed by atoms with van der Waals surface area (Å²) in [5.74, 6) is -1.61. The first-order chi connectivity index (χ1) is 7.56. The number of carboxylic acid groups (broad SMARTS) is 1. The van der Waals surface area contributed by atoms with E-state index < -0.39 is 11.9 Å². The van der Waals surface area contributed by atoms with Gasteiger partial charge >= 0.3 is 11.9 Å². The number of allylic oxidation sites excluding steroid dienone is 1. The van der Waals surface area contributed by atoms with E-state index in [4.69, 9.17) is 9.84 Å².